The van der Waals surface area contributed by atoms with E-state index >= 15 is 0 Å². The molecule has 168 valence electrons. The van der Waals surface area contributed by atoms with E-state index in [2.05, 4.69) is 22.0 Å². The highest BCUT2D eigenvalue weighted by molar-refractivity contribution is 7.80. The van der Waals surface area contributed by atoms with Crippen molar-refractivity contribution in [2.24, 2.45) is 0 Å². The highest BCUT2D eigenvalue weighted by Gasteiger charge is 2.22. The summed E-state index contributed by atoms with van der Waals surface area (Å²) in [6, 6.07) is 16.7. The van der Waals surface area contributed by atoms with Gasteiger partial charge in [0.05, 0.1) is 5.52 Å². The van der Waals surface area contributed by atoms with E-state index in [0.717, 1.165) is 53.0 Å². The standard InChI is InChI=1S/C24H29ClN6S/c1-31(2)22-19-8-4-6-10-21(19)29-23(30-22)27-17-11-13-18(14-12-17)28-24(32)26-15-16-7-3-5-9-20(16)25/h3-10,17-18H,11-15H2,1-2H3,(H2,26,28,32)(H,27,29,30). The molecular formula is C24H29ClN6S. The first-order valence-corrected chi connectivity index (χ1v) is 11.8. The van der Waals surface area contributed by atoms with E-state index in [1.807, 2.05) is 61.5 Å². The first kappa shape index (κ1) is 22.6. The quantitative estimate of drug-likeness (QED) is 0.451. The van der Waals surface area contributed by atoms with E-state index < -0.39 is 0 Å². The molecule has 0 radical (unpaired) electrons. The number of anilines is 2. The van der Waals surface area contributed by atoms with E-state index in [-0.39, 0.29) is 0 Å². The summed E-state index contributed by atoms with van der Waals surface area (Å²) in [7, 11) is 4.02. The normalized spacial score (nSPS) is 18.2. The molecule has 0 saturated heterocycles. The van der Waals surface area contributed by atoms with E-state index in [1.165, 1.54) is 0 Å². The van der Waals surface area contributed by atoms with Crippen molar-refractivity contribution in [1.29, 1.82) is 0 Å². The van der Waals surface area contributed by atoms with Gasteiger partial charge in [0.2, 0.25) is 5.95 Å². The lowest BCUT2D eigenvalue weighted by Gasteiger charge is -2.30. The fourth-order valence-electron chi connectivity index (χ4n) is 4.08. The van der Waals surface area contributed by atoms with Crippen molar-refractivity contribution < 1.29 is 0 Å². The second kappa shape index (κ2) is 10.3. The molecule has 4 rings (SSSR count). The average Bonchev–Trinajstić information content (AvgIpc) is 2.79. The molecule has 1 saturated carbocycles. The highest BCUT2D eigenvalue weighted by Crippen LogP contribution is 2.26. The molecule has 6 nitrogen and oxygen atoms in total. The second-order valence-corrected chi connectivity index (χ2v) is 9.21. The van der Waals surface area contributed by atoms with Crippen molar-refractivity contribution in [3.8, 4) is 0 Å². The van der Waals surface area contributed by atoms with Gasteiger partial charge in [-0.2, -0.15) is 4.98 Å². The van der Waals surface area contributed by atoms with E-state index in [4.69, 9.17) is 33.8 Å². The van der Waals surface area contributed by atoms with Crippen LogP contribution in [0, 0.1) is 0 Å². The van der Waals surface area contributed by atoms with Crippen LogP contribution < -0.4 is 20.9 Å². The predicted octanol–water partition coefficient (Wildman–Crippen LogP) is 4.74. The van der Waals surface area contributed by atoms with Crippen LogP contribution >= 0.6 is 23.8 Å². The van der Waals surface area contributed by atoms with Crippen LogP contribution in [0.4, 0.5) is 11.8 Å². The zero-order valence-electron chi connectivity index (χ0n) is 18.4. The SMILES string of the molecule is CN(C)c1nc(NC2CCC(NC(=S)NCc3ccccc3Cl)CC2)nc2ccccc12. The number of benzene rings is 2. The smallest absolute Gasteiger partial charge is 0.225 e. The number of rotatable bonds is 6. The lowest BCUT2D eigenvalue weighted by molar-refractivity contribution is 0.385. The number of nitrogens with one attached hydrogen (secondary N) is 3. The molecule has 1 heterocycles. The summed E-state index contributed by atoms with van der Waals surface area (Å²) in [6.45, 7) is 0.621. The molecule has 1 fully saturated rings. The zero-order valence-corrected chi connectivity index (χ0v) is 20.0. The van der Waals surface area contributed by atoms with Crippen molar-refractivity contribution in [2.45, 2.75) is 44.3 Å². The van der Waals surface area contributed by atoms with Crippen LogP contribution in [0.2, 0.25) is 5.02 Å². The van der Waals surface area contributed by atoms with Gasteiger partial charge in [-0.05, 0) is 61.7 Å². The molecule has 1 aromatic heterocycles. The molecule has 0 atom stereocenters. The zero-order chi connectivity index (χ0) is 22.5. The fourth-order valence-corrected chi connectivity index (χ4v) is 4.53. The molecular weight excluding hydrogens is 440 g/mol. The van der Waals surface area contributed by atoms with Gasteiger partial charge in [0.15, 0.2) is 5.11 Å². The summed E-state index contributed by atoms with van der Waals surface area (Å²) < 4.78 is 0. The Labute approximate surface area is 199 Å². The average molecular weight is 469 g/mol. The topological polar surface area (TPSA) is 65.1 Å². The number of hydrogen-bond acceptors (Lipinski definition) is 5. The molecule has 1 aliphatic rings. The van der Waals surface area contributed by atoms with Crippen LogP contribution in [0.25, 0.3) is 10.9 Å². The summed E-state index contributed by atoms with van der Waals surface area (Å²) in [6.07, 6.45) is 4.16. The third kappa shape index (κ3) is 5.58. The van der Waals surface area contributed by atoms with Gasteiger partial charge >= 0.3 is 0 Å². The Balaban J connectivity index is 1.29. The second-order valence-electron chi connectivity index (χ2n) is 8.39. The molecule has 3 aromatic rings. The van der Waals surface area contributed by atoms with E-state index in [0.29, 0.717) is 29.7 Å². The minimum atomic E-state index is 0.355. The Morgan fingerprint density at radius 3 is 2.44 bits per heavy atom. The number of para-hydroxylation sites is 1. The Bertz CT molecular complexity index is 1080. The third-order valence-electron chi connectivity index (χ3n) is 5.80. The highest BCUT2D eigenvalue weighted by atomic mass is 35.5. The monoisotopic (exact) mass is 468 g/mol. The summed E-state index contributed by atoms with van der Waals surface area (Å²) >= 11 is 11.7. The number of nitrogens with zero attached hydrogens (tertiary/aromatic N) is 3. The molecule has 0 aliphatic heterocycles. The molecule has 8 heteroatoms. The van der Waals surface area contributed by atoms with Crippen LogP contribution in [0.5, 0.6) is 0 Å². The van der Waals surface area contributed by atoms with Crippen molar-refractivity contribution in [3.63, 3.8) is 0 Å². The molecule has 3 N–H and O–H groups in total. The van der Waals surface area contributed by atoms with Crippen molar-refractivity contribution in [2.75, 3.05) is 24.3 Å². The predicted molar refractivity (Wildman–Crippen MR) is 138 cm³/mol. The Hall–Kier alpha value is -2.64. The third-order valence-corrected chi connectivity index (χ3v) is 6.43. The number of halogens is 1. The van der Waals surface area contributed by atoms with Gasteiger partial charge in [-0.15, -0.1) is 0 Å². The first-order valence-electron chi connectivity index (χ1n) is 11.0. The summed E-state index contributed by atoms with van der Waals surface area (Å²) in [5.41, 5.74) is 2.00. The first-order chi connectivity index (χ1) is 15.5. The van der Waals surface area contributed by atoms with Crippen LogP contribution in [0.1, 0.15) is 31.2 Å². The Kier molecular flexibility index (Phi) is 7.27. The van der Waals surface area contributed by atoms with Crippen LogP contribution in [-0.2, 0) is 6.54 Å². The lowest BCUT2D eigenvalue weighted by atomic mass is 9.91. The van der Waals surface area contributed by atoms with Gasteiger partial charge in [-0.1, -0.05) is 41.9 Å². The molecule has 0 unspecified atom stereocenters. The fraction of sp³-hybridized carbons (Fsp3) is 0.375. The van der Waals surface area contributed by atoms with Gasteiger partial charge in [-0.25, -0.2) is 4.98 Å². The maximum atomic E-state index is 6.22. The van der Waals surface area contributed by atoms with Gasteiger partial charge in [0.25, 0.3) is 0 Å². The van der Waals surface area contributed by atoms with E-state index in [1.54, 1.807) is 0 Å². The van der Waals surface area contributed by atoms with E-state index in [9.17, 15) is 0 Å². The molecule has 2 aromatic carbocycles. The summed E-state index contributed by atoms with van der Waals surface area (Å²) in [4.78, 5) is 11.5. The lowest BCUT2D eigenvalue weighted by Crippen LogP contribution is -2.44. The molecule has 0 spiro atoms. The van der Waals surface area contributed by atoms with Gasteiger partial charge in [-0.3, -0.25) is 0 Å². The van der Waals surface area contributed by atoms with Crippen LogP contribution in [-0.4, -0.2) is 41.3 Å². The van der Waals surface area contributed by atoms with Gasteiger partial charge in [0.1, 0.15) is 5.82 Å². The number of hydrogen-bond donors (Lipinski definition) is 3. The molecule has 0 amide bonds. The van der Waals surface area contributed by atoms with Crippen molar-refractivity contribution >= 4 is 51.6 Å². The number of fused-ring (bicyclic) bond motifs is 1. The summed E-state index contributed by atoms with van der Waals surface area (Å²) in [5, 5.41) is 12.8. The minimum absolute atomic E-state index is 0.355. The van der Waals surface area contributed by atoms with Crippen LogP contribution in [0.3, 0.4) is 0 Å². The molecule has 1 aliphatic carbocycles. The van der Waals surface area contributed by atoms with Gasteiger partial charge < -0.3 is 20.9 Å². The van der Waals surface area contributed by atoms with Gasteiger partial charge in [0, 0.05) is 43.1 Å². The van der Waals surface area contributed by atoms with Crippen molar-refractivity contribution in [1.82, 2.24) is 20.6 Å². The maximum Gasteiger partial charge on any atom is 0.225 e. The molecule has 0 bridgehead atoms. The molecule has 32 heavy (non-hydrogen) atoms. The maximum absolute atomic E-state index is 6.22. The van der Waals surface area contributed by atoms with Crippen molar-refractivity contribution in [3.05, 3.63) is 59.1 Å². The largest absolute Gasteiger partial charge is 0.362 e. The Morgan fingerprint density at radius 1 is 1.00 bits per heavy atom. The van der Waals surface area contributed by atoms with Crippen LogP contribution in [0.15, 0.2) is 48.5 Å². The number of thiocarbonyl (C=S) groups is 1. The summed E-state index contributed by atoms with van der Waals surface area (Å²) in [5.74, 6) is 1.63. The minimum Gasteiger partial charge on any atom is -0.362 e. The Morgan fingerprint density at radius 2 is 1.69 bits per heavy atom. The number of aromatic nitrogens is 2.